The van der Waals surface area contributed by atoms with E-state index in [0.717, 1.165) is 12.8 Å². The predicted molar refractivity (Wildman–Crippen MR) is 61.6 cm³/mol. The van der Waals surface area contributed by atoms with Gasteiger partial charge < -0.3 is 9.84 Å². The van der Waals surface area contributed by atoms with Gasteiger partial charge in [0.15, 0.2) is 0 Å². The van der Waals surface area contributed by atoms with E-state index in [4.69, 9.17) is 9.84 Å². The Hall–Kier alpha value is -0.170. The molecule has 16 heavy (non-hydrogen) atoms. The van der Waals surface area contributed by atoms with Crippen LogP contribution in [0.4, 0.5) is 0 Å². The van der Waals surface area contributed by atoms with Crippen molar-refractivity contribution in [3.8, 4) is 0 Å². The van der Waals surface area contributed by atoms with Crippen molar-refractivity contribution in [3.05, 3.63) is 0 Å². The van der Waals surface area contributed by atoms with Crippen molar-refractivity contribution >= 4 is 10.0 Å². The van der Waals surface area contributed by atoms with Crippen LogP contribution in [0.2, 0.25) is 0 Å². The van der Waals surface area contributed by atoms with Crippen molar-refractivity contribution in [2.75, 3.05) is 19.8 Å². The number of ether oxygens (including phenoxy) is 1. The molecule has 0 aliphatic carbocycles. The SMILES string of the molecule is CCC1OCCC1CNS(=O)(=O)C(C)CO. The fraction of sp³-hybridized carbons (Fsp3) is 1.00. The zero-order valence-electron chi connectivity index (χ0n) is 9.85. The van der Waals surface area contributed by atoms with Crippen molar-refractivity contribution in [3.63, 3.8) is 0 Å². The first-order chi connectivity index (χ1) is 7.51. The Bertz CT molecular complexity index is 304. The van der Waals surface area contributed by atoms with Gasteiger partial charge in [0, 0.05) is 19.1 Å². The number of sulfonamides is 1. The third-order valence-corrected chi connectivity index (χ3v) is 4.86. The summed E-state index contributed by atoms with van der Waals surface area (Å²) in [5.74, 6) is 0.255. The number of rotatable bonds is 6. The van der Waals surface area contributed by atoms with E-state index in [9.17, 15) is 8.42 Å². The Morgan fingerprint density at radius 3 is 2.81 bits per heavy atom. The van der Waals surface area contributed by atoms with E-state index in [0.29, 0.717) is 13.2 Å². The molecule has 0 bridgehead atoms. The molecule has 1 fully saturated rings. The summed E-state index contributed by atoms with van der Waals surface area (Å²) in [7, 11) is -3.39. The summed E-state index contributed by atoms with van der Waals surface area (Å²) in [4.78, 5) is 0. The summed E-state index contributed by atoms with van der Waals surface area (Å²) in [6.07, 6.45) is 1.96. The standard InChI is InChI=1S/C10H21NO4S/c1-3-10-9(4-5-15-10)6-11-16(13,14)8(2)7-12/h8-12H,3-7H2,1-2H3. The highest BCUT2D eigenvalue weighted by Gasteiger charge is 2.29. The largest absolute Gasteiger partial charge is 0.395 e. The Kier molecular flexibility index (Phi) is 5.17. The molecule has 1 aliphatic rings. The lowest BCUT2D eigenvalue weighted by atomic mass is 10.0. The molecule has 5 nitrogen and oxygen atoms in total. The van der Waals surface area contributed by atoms with Crippen LogP contribution in [0.1, 0.15) is 26.7 Å². The number of nitrogens with one attached hydrogen (secondary N) is 1. The minimum atomic E-state index is -3.39. The molecule has 6 heteroatoms. The molecule has 2 N–H and O–H groups in total. The van der Waals surface area contributed by atoms with Crippen molar-refractivity contribution < 1.29 is 18.3 Å². The Labute approximate surface area is 97.2 Å². The van der Waals surface area contributed by atoms with Crippen molar-refractivity contribution in [1.29, 1.82) is 0 Å². The summed E-state index contributed by atoms with van der Waals surface area (Å²) in [6, 6.07) is 0. The van der Waals surface area contributed by atoms with Gasteiger partial charge in [-0.05, 0) is 19.8 Å². The van der Waals surface area contributed by atoms with Crippen LogP contribution in [0, 0.1) is 5.92 Å². The molecular formula is C10H21NO4S. The third kappa shape index (κ3) is 3.41. The van der Waals surface area contributed by atoms with E-state index < -0.39 is 15.3 Å². The van der Waals surface area contributed by atoms with Gasteiger partial charge in [0.25, 0.3) is 0 Å². The molecule has 3 unspecified atom stereocenters. The van der Waals surface area contributed by atoms with Crippen LogP contribution in [0.25, 0.3) is 0 Å². The number of aliphatic hydroxyl groups is 1. The lowest BCUT2D eigenvalue weighted by Gasteiger charge is -2.18. The number of aliphatic hydroxyl groups excluding tert-OH is 1. The van der Waals surface area contributed by atoms with Crippen LogP contribution in [0.15, 0.2) is 0 Å². The second-order valence-corrected chi connectivity index (χ2v) is 6.44. The highest BCUT2D eigenvalue weighted by Crippen LogP contribution is 2.22. The molecule has 96 valence electrons. The van der Waals surface area contributed by atoms with E-state index in [1.807, 2.05) is 6.92 Å². The maximum atomic E-state index is 11.6. The first-order valence-corrected chi connectivity index (χ1v) is 7.26. The monoisotopic (exact) mass is 251 g/mol. The van der Waals surface area contributed by atoms with Crippen LogP contribution in [-0.2, 0) is 14.8 Å². The lowest BCUT2D eigenvalue weighted by molar-refractivity contribution is 0.0884. The summed E-state index contributed by atoms with van der Waals surface area (Å²) in [6.45, 7) is 4.29. The first-order valence-electron chi connectivity index (χ1n) is 5.72. The van der Waals surface area contributed by atoms with Gasteiger partial charge in [-0.25, -0.2) is 13.1 Å². The van der Waals surface area contributed by atoms with Crippen LogP contribution in [-0.4, -0.2) is 44.6 Å². The zero-order chi connectivity index (χ0) is 12.2. The summed E-state index contributed by atoms with van der Waals surface area (Å²) in [5, 5.41) is 8.06. The average Bonchev–Trinajstić information content (AvgIpc) is 2.72. The van der Waals surface area contributed by atoms with Gasteiger partial charge in [-0.15, -0.1) is 0 Å². The van der Waals surface area contributed by atoms with Gasteiger partial charge in [0.2, 0.25) is 10.0 Å². The highest BCUT2D eigenvalue weighted by atomic mass is 32.2. The average molecular weight is 251 g/mol. The van der Waals surface area contributed by atoms with E-state index in [2.05, 4.69) is 4.72 Å². The third-order valence-electron chi connectivity index (χ3n) is 3.08. The first kappa shape index (κ1) is 13.9. The summed E-state index contributed by atoms with van der Waals surface area (Å²) < 4.78 is 31.2. The number of hydrogen-bond acceptors (Lipinski definition) is 4. The summed E-state index contributed by atoms with van der Waals surface area (Å²) in [5.41, 5.74) is 0. The molecule has 0 saturated carbocycles. The quantitative estimate of drug-likeness (QED) is 0.702. The molecule has 0 spiro atoms. The van der Waals surface area contributed by atoms with Crippen LogP contribution in [0.3, 0.4) is 0 Å². The van der Waals surface area contributed by atoms with Gasteiger partial charge in [-0.2, -0.15) is 0 Å². The fourth-order valence-corrected chi connectivity index (χ4v) is 2.77. The highest BCUT2D eigenvalue weighted by molar-refractivity contribution is 7.90. The molecule has 1 rings (SSSR count). The van der Waals surface area contributed by atoms with Crippen molar-refractivity contribution in [1.82, 2.24) is 4.72 Å². The maximum absolute atomic E-state index is 11.6. The van der Waals surface area contributed by atoms with E-state index in [1.54, 1.807) is 0 Å². The van der Waals surface area contributed by atoms with Gasteiger partial charge in [-0.1, -0.05) is 6.92 Å². The topological polar surface area (TPSA) is 75.6 Å². The van der Waals surface area contributed by atoms with Crippen molar-refractivity contribution in [2.24, 2.45) is 5.92 Å². The van der Waals surface area contributed by atoms with Gasteiger partial charge in [0.1, 0.15) is 0 Å². The second kappa shape index (κ2) is 5.95. The second-order valence-electron chi connectivity index (χ2n) is 4.25. The lowest BCUT2D eigenvalue weighted by Crippen LogP contribution is -2.39. The molecule has 1 saturated heterocycles. The molecule has 0 amide bonds. The minimum absolute atomic E-state index is 0.159. The normalized spacial score (nSPS) is 28.2. The Balaban J connectivity index is 2.45. The zero-order valence-corrected chi connectivity index (χ0v) is 10.7. The van der Waals surface area contributed by atoms with E-state index in [-0.39, 0.29) is 18.6 Å². The maximum Gasteiger partial charge on any atom is 0.216 e. The number of hydrogen-bond donors (Lipinski definition) is 2. The van der Waals surface area contributed by atoms with E-state index >= 15 is 0 Å². The Morgan fingerprint density at radius 1 is 1.56 bits per heavy atom. The molecular weight excluding hydrogens is 230 g/mol. The molecule has 0 aromatic carbocycles. The van der Waals surface area contributed by atoms with Gasteiger partial charge >= 0.3 is 0 Å². The Morgan fingerprint density at radius 2 is 2.25 bits per heavy atom. The molecule has 3 atom stereocenters. The van der Waals surface area contributed by atoms with Crippen LogP contribution >= 0.6 is 0 Å². The predicted octanol–water partition coefficient (Wildman–Crippen LogP) is 0.102. The molecule has 0 aromatic heterocycles. The van der Waals surface area contributed by atoms with E-state index in [1.165, 1.54) is 6.92 Å². The molecule has 0 aromatic rings. The smallest absolute Gasteiger partial charge is 0.216 e. The molecule has 1 heterocycles. The van der Waals surface area contributed by atoms with Crippen molar-refractivity contribution in [2.45, 2.75) is 38.0 Å². The van der Waals surface area contributed by atoms with Gasteiger partial charge in [0.05, 0.1) is 18.0 Å². The molecule has 0 radical (unpaired) electrons. The van der Waals surface area contributed by atoms with Crippen LogP contribution in [0.5, 0.6) is 0 Å². The minimum Gasteiger partial charge on any atom is -0.395 e. The fourth-order valence-electron chi connectivity index (χ4n) is 1.84. The molecule has 1 aliphatic heterocycles. The van der Waals surface area contributed by atoms with Gasteiger partial charge in [-0.3, -0.25) is 0 Å². The summed E-state index contributed by atoms with van der Waals surface area (Å²) >= 11 is 0. The van der Waals surface area contributed by atoms with Crippen LogP contribution < -0.4 is 4.72 Å².